The SMILES string of the molecule is CCOc1ccc(NC(=O)CSc2cccc(NC(=O)/C=C/c3ccccc3)c2)cc1. The van der Waals surface area contributed by atoms with E-state index < -0.39 is 0 Å². The van der Waals surface area contributed by atoms with Crippen molar-refractivity contribution >= 4 is 41.0 Å². The van der Waals surface area contributed by atoms with Gasteiger partial charge in [-0.15, -0.1) is 11.8 Å². The zero-order valence-corrected chi connectivity index (χ0v) is 18.0. The fourth-order valence-electron chi connectivity index (χ4n) is 2.73. The molecule has 0 saturated heterocycles. The monoisotopic (exact) mass is 432 g/mol. The first-order valence-corrected chi connectivity index (χ1v) is 10.9. The van der Waals surface area contributed by atoms with Crippen LogP contribution in [0.4, 0.5) is 11.4 Å². The van der Waals surface area contributed by atoms with Gasteiger partial charge in [-0.25, -0.2) is 0 Å². The van der Waals surface area contributed by atoms with E-state index in [1.54, 1.807) is 6.08 Å². The lowest BCUT2D eigenvalue weighted by Gasteiger charge is -2.08. The summed E-state index contributed by atoms with van der Waals surface area (Å²) >= 11 is 1.40. The quantitative estimate of drug-likeness (QED) is 0.348. The molecule has 31 heavy (non-hydrogen) atoms. The fourth-order valence-corrected chi connectivity index (χ4v) is 3.49. The van der Waals surface area contributed by atoms with Crippen LogP contribution >= 0.6 is 11.8 Å². The number of ether oxygens (including phenoxy) is 1. The van der Waals surface area contributed by atoms with Crippen LogP contribution in [0.3, 0.4) is 0 Å². The first-order valence-electron chi connectivity index (χ1n) is 9.92. The lowest BCUT2D eigenvalue weighted by molar-refractivity contribution is -0.114. The molecule has 0 saturated carbocycles. The third-order valence-electron chi connectivity index (χ3n) is 4.15. The molecule has 0 radical (unpaired) electrons. The summed E-state index contributed by atoms with van der Waals surface area (Å²) in [4.78, 5) is 25.3. The Bertz CT molecular complexity index is 1030. The lowest BCUT2D eigenvalue weighted by Crippen LogP contribution is -2.14. The van der Waals surface area contributed by atoms with E-state index in [1.807, 2.05) is 85.8 Å². The predicted octanol–water partition coefficient (Wildman–Crippen LogP) is 5.47. The molecule has 0 aliphatic rings. The Balaban J connectivity index is 1.49. The summed E-state index contributed by atoms with van der Waals surface area (Å²) in [5.74, 6) is 0.722. The van der Waals surface area contributed by atoms with Crippen LogP contribution in [0.1, 0.15) is 12.5 Å². The van der Waals surface area contributed by atoms with Gasteiger partial charge in [0.15, 0.2) is 0 Å². The molecular weight excluding hydrogens is 408 g/mol. The highest BCUT2D eigenvalue weighted by Crippen LogP contribution is 2.22. The minimum absolute atomic E-state index is 0.102. The smallest absolute Gasteiger partial charge is 0.248 e. The summed E-state index contributed by atoms with van der Waals surface area (Å²) in [6.45, 7) is 2.53. The van der Waals surface area contributed by atoms with Crippen LogP contribution in [0.15, 0.2) is 89.8 Å². The number of hydrogen-bond donors (Lipinski definition) is 2. The molecule has 0 bridgehead atoms. The normalized spacial score (nSPS) is 10.6. The van der Waals surface area contributed by atoms with E-state index >= 15 is 0 Å². The van der Waals surface area contributed by atoms with Gasteiger partial charge >= 0.3 is 0 Å². The Labute approximate surface area is 186 Å². The zero-order valence-electron chi connectivity index (χ0n) is 17.2. The summed E-state index contributed by atoms with van der Waals surface area (Å²) < 4.78 is 5.40. The van der Waals surface area contributed by atoms with Crippen molar-refractivity contribution in [3.63, 3.8) is 0 Å². The summed E-state index contributed by atoms with van der Waals surface area (Å²) in [6.07, 6.45) is 3.26. The Morgan fingerprint density at radius 3 is 2.42 bits per heavy atom. The highest BCUT2D eigenvalue weighted by molar-refractivity contribution is 8.00. The maximum atomic E-state index is 12.2. The highest BCUT2D eigenvalue weighted by atomic mass is 32.2. The van der Waals surface area contributed by atoms with Crippen LogP contribution in [-0.2, 0) is 9.59 Å². The Kier molecular flexibility index (Phi) is 8.31. The topological polar surface area (TPSA) is 67.4 Å². The van der Waals surface area contributed by atoms with Gasteiger partial charge in [-0.05, 0) is 61.0 Å². The van der Waals surface area contributed by atoms with Crippen molar-refractivity contribution in [1.82, 2.24) is 0 Å². The average Bonchev–Trinajstić information content (AvgIpc) is 2.79. The summed E-state index contributed by atoms with van der Waals surface area (Å²) in [7, 11) is 0. The largest absolute Gasteiger partial charge is 0.494 e. The van der Waals surface area contributed by atoms with Gasteiger partial charge in [0, 0.05) is 22.3 Å². The van der Waals surface area contributed by atoms with Crippen LogP contribution in [0.5, 0.6) is 5.75 Å². The molecule has 6 heteroatoms. The van der Waals surface area contributed by atoms with Crippen molar-refractivity contribution in [2.75, 3.05) is 23.0 Å². The molecule has 0 fully saturated rings. The summed E-state index contributed by atoms with van der Waals surface area (Å²) in [5, 5.41) is 5.71. The summed E-state index contributed by atoms with van der Waals surface area (Å²) in [5.41, 5.74) is 2.36. The number of rotatable bonds is 9. The Morgan fingerprint density at radius 2 is 1.68 bits per heavy atom. The van der Waals surface area contributed by atoms with E-state index in [4.69, 9.17) is 4.74 Å². The van der Waals surface area contributed by atoms with Crippen LogP contribution < -0.4 is 15.4 Å². The molecule has 0 atom stereocenters. The number of amides is 2. The van der Waals surface area contributed by atoms with E-state index in [0.717, 1.165) is 21.9 Å². The molecule has 3 aromatic carbocycles. The highest BCUT2D eigenvalue weighted by Gasteiger charge is 2.06. The predicted molar refractivity (Wildman–Crippen MR) is 128 cm³/mol. The van der Waals surface area contributed by atoms with Crippen molar-refractivity contribution in [3.8, 4) is 5.75 Å². The molecule has 0 heterocycles. The standard InChI is InChI=1S/C25H24N2O3S/c1-2-30-22-14-12-20(13-15-22)26-25(29)18-31-23-10-6-9-21(17-23)27-24(28)16-11-19-7-4-3-5-8-19/h3-17H,2,18H2,1H3,(H,26,29)(H,27,28)/b16-11+. The van der Waals surface area contributed by atoms with Gasteiger partial charge in [0.05, 0.1) is 12.4 Å². The second-order valence-electron chi connectivity index (χ2n) is 6.56. The van der Waals surface area contributed by atoms with Gasteiger partial charge in [0.2, 0.25) is 11.8 Å². The molecule has 3 rings (SSSR count). The molecule has 5 nitrogen and oxygen atoms in total. The molecule has 0 spiro atoms. The van der Waals surface area contributed by atoms with Crippen molar-refractivity contribution in [2.45, 2.75) is 11.8 Å². The van der Waals surface area contributed by atoms with E-state index in [2.05, 4.69) is 10.6 Å². The van der Waals surface area contributed by atoms with Gasteiger partial charge in [-0.3, -0.25) is 9.59 Å². The van der Waals surface area contributed by atoms with E-state index in [1.165, 1.54) is 17.8 Å². The molecule has 0 aliphatic carbocycles. The van der Waals surface area contributed by atoms with E-state index in [9.17, 15) is 9.59 Å². The van der Waals surface area contributed by atoms with Crippen molar-refractivity contribution in [2.24, 2.45) is 0 Å². The van der Waals surface area contributed by atoms with E-state index in [-0.39, 0.29) is 17.6 Å². The maximum absolute atomic E-state index is 12.2. The third kappa shape index (κ3) is 7.68. The average molecular weight is 433 g/mol. The zero-order chi connectivity index (χ0) is 21.9. The fraction of sp³-hybridized carbons (Fsp3) is 0.120. The van der Waals surface area contributed by atoms with Crippen LogP contribution in [0.2, 0.25) is 0 Å². The van der Waals surface area contributed by atoms with Gasteiger partial charge in [-0.2, -0.15) is 0 Å². The Morgan fingerprint density at radius 1 is 0.903 bits per heavy atom. The number of anilines is 2. The minimum atomic E-state index is -0.209. The van der Waals surface area contributed by atoms with Crippen molar-refractivity contribution < 1.29 is 14.3 Å². The number of nitrogens with one attached hydrogen (secondary N) is 2. The Hall–Kier alpha value is -3.51. The van der Waals surface area contributed by atoms with Gasteiger partial charge < -0.3 is 15.4 Å². The van der Waals surface area contributed by atoms with Crippen LogP contribution in [0, 0.1) is 0 Å². The number of benzene rings is 3. The number of carbonyl (C=O) groups excluding carboxylic acids is 2. The molecule has 0 unspecified atom stereocenters. The molecule has 158 valence electrons. The number of thioether (sulfide) groups is 1. The number of carbonyl (C=O) groups is 2. The maximum Gasteiger partial charge on any atom is 0.248 e. The molecular formula is C25H24N2O3S. The van der Waals surface area contributed by atoms with Crippen LogP contribution in [-0.4, -0.2) is 24.2 Å². The minimum Gasteiger partial charge on any atom is -0.494 e. The molecule has 2 N–H and O–H groups in total. The lowest BCUT2D eigenvalue weighted by atomic mass is 10.2. The first kappa shape index (κ1) is 22.2. The molecule has 0 aromatic heterocycles. The van der Waals surface area contributed by atoms with Gasteiger partial charge in [-0.1, -0.05) is 36.4 Å². The number of hydrogen-bond acceptors (Lipinski definition) is 4. The third-order valence-corrected chi connectivity index (χ3v) is 5.14. The molecule has 3 aromatic rings. The molecule has 0 aliphatic heterocycles. The second kappa shape index (κ2) is 11.6. The van der Waals surface area contributed by atoms with E-state index in [0.29, 0.717) is 12.3 Å². The van der Waals surface area contributed by atoms with Crippen molar-refractivity contribution in [1.29, 1.82) is 0 Å². The van der Waals surface area contributed by atoms with Crippen LogP contribution in [0.25, 0.3) is 6.08 Å². The van der Waals surface area contributed by atoms with Gasteiger partial charge in [0.25, 0.3) is 0 Å². The first-order chi connectivity index (χ1) is 15.1. The van der Waals surface area contributed by atoms with Crippen molar-refractivity contribution in [3.05, 3.63) is 90.5 Å². The summed E-state index contributed by atoms with van der Waals surface area (Å²) in [6, 6.07) is 24.3. The van der Waals surface area contributed by atoms with Gasteiger partial charge in [0.1, 0.15) is 5.75 Å². The molecule has 2 amide bonds. The second-order valence-corrected chi connectivity index (χ2v) is 7.60.